The predicted octanol–water partition coefficient (Wildman–Crippen LogP) is 21.1. The van der Waals surface area contributed by atoms with E-state index in [1.54, 1.807) is 0 Å². The van der Waals surface area contributed by atoms with Gasteiger partial charge in [-0.2, -0.15) is 0 Å². The first-order valence-corrected chi connectivity index (χ1v) is 31.3. The fraction of sp³-hybridized carbons (Fsp3) is 0. The van der Waals surface area contributed by atoms with E-state index in [1.807, 2.05) is 78.9 Å². The van der Waals surface area contributed by atoms with Crippen molar-refractivity contribution in [2.45, 2.75) is 0 Å². The summed E-state index contributed by atoms with van der Waals surface area (Å²) < 4.78 is 0. The largest absolute Gasteiger partial charge is 0.311 e. The molecule has 13 rings (SSSR count). The monoisotopic (exact) mass is 1150 g/mol. The van der Waals surface area contributed by atoms with Crippen LogP contribution in [-0.2, 0) is 0 Å². The zero-order chi connectivity index (χ0) is 60.2. The third kappa shape index (κ3) is 14.0. The Morgan fingerprint density at radius 2 is 0.375 bits per heavy atom. The standard InChI is InChI=1S/C32H26N2.C31H24N2O.C19H17P/c1-2-26-18-20-30(21-19-26)34(29-16-10-5-11-17-29)32-24-22-31(23-25-32)33(27-12-6-3-7-13-27)28-14-8-4-9-15-28;34-24-25-16-18-29(19-17-25)33(28-14-8-3-9-15-28)31-22-20-30(21-23-31)32(26-10-4-1-5-11-26)27-12-6-2-7-13-27;1-20(17-11-5-2-6-12-17,18-13-7-3-8-14-18)19-15-9-4-10-16-19/h2-25H,1H2;1-24H;2-16H,1H2. The highest BCUT2D eigenvalue weighted by atomic mass is 31.2. The van der Waals surface area contributed by atoms with Crippen molar-refractivity contribution >= 4 is 110 Å². The minimum absolute atomic E-state index is 0.661. The van der Waals surface area contributed by atoms with Crippen LogP contribution in [0.3, 0.4) is 0 Å². The second-order valence-corrected chi connectivity index (χ2v) is 23.9. The quantitative estimate of drug-likeness (QED) is 0.0670. The summed E-state index contributed by atoms with van der Waals surface area (Å²) in [6.45, 7) is 2.10. The third-order valence-corrected chi connectivity index (χ3v) is 18.6. The first-order valence-electron chi connectivity index (χ1n) is 29.4. The van der Waals surface area contributed by atoms with Crippen molar-refractivity contribution < 1.29 is 4.79 Å². The lowest BCUT2D eigenvalue weighted by Gasteiger charge is -2.28. The van der Waals surface area contributed by atoms with E-state index in [2.05, 4.69) is 323 Å². The summed E-state index contributed by atoms with van der Waals surface area (Å²) in [5.41, 5.74) is 14.8. The number of carbonyl (C=O) groups excluding carboxylic acids is 1. The first-order chi connectivity index (χ1) is 43.5. The molecule has 88 heavy (non-hydrogen) atoms. The van der Waals surface area contributed by atoms with Crippen molar-refractivity contribution in [3.63, 3.8) is 0 Å². The van der Waals surface area contributed by atoms with Crippen LogP contribution in [0.5, 0.6) is 0 Å². The van der Waals surface area contributed by atoms with E-state index in [0.29, 0.717) is 5.56 Å². The van der Waals surface area contributed by atoms with Gasteiger partial charge in [0.25, 0.3) is 0 Å². The predicted molar refractivity (Wildman–Crippen MR) is 379 cm³/mol. The first kappa shape index (κ1) is 58.5. The van der Waals surface area contributed by atoms with E-state index in [0.717, 1.165) is 80.1 Å². The van der Waals surface area contributed by atoms with Gasteiger partial charge in [-0.1, -0.05) is 231 Å². The van der Waals surface area contributed by atoms with Crippen molar-refractivity contribution in [3.8, 4) is 0 Å². The number of anilines is 12. The molecule has 0 saturated carbocycles. The number of benzene rings is 13. The summed E-state index contributed by atoms with van der Waals surface area (Å²) >= 11 is 0. The van der Waals surface area contributed by atoms with E-state index < -0.39 is 6.89 Å². The fourth-order valence-corrected chi connectivity index (χ4v) is 13.6. The molecule has 5 nitrogen and oxygen atoms in total. The molecule has 13 aromatic carbocycles. The number of carbonyl (C=O) groups is 1. The zero-order valence-electron chi connectivity index (χ0n) is 48.9. The molecular formula is C82H67N4OP. The second-order valence-electron chi connectivity index (χ2n) is 20.7. The Morgan fingerprint density at radius 1 is 0.216 bits per heavy atom. The minimum Gasteiger partial charge on any atom is -0.311 e. The Hall–Kier alpha value is -11.2. The lowest BCUT2D eigenvalue weighted by Crippen LogP contribution is -2.25. The molecule has 0 atom stereocenters. The molecular weight excluding hydrogens is 1090 g/mol. The number of rotatable bonds is 17. The summed E-state index contributed by atoms with van der Waals surface area (Å²) in [6.07, 6.45) is 7.43. The molecule has 0 aromatic heterocycles. The van der Waals surface area contributed by atoms with Gasteiger partial charge >= 0.3 is 0 Å². The highest BCUT2D eigenvalue weighted by molar-refractivity contribution is 7.93. The molecule has 0 saturated heterocycles. The van der Waals surface area contributed by atoms with Crippen molar-refractivity contribution in [2.24, 2.45) is 0 Å². The van der Waals surface area contributed by atoms with Crippen LogP contribution in [0, 0.1) is 0 Å². The SMILES string of the molecule is C=Cc1ccc(N(c2ccccc2)c2ccc(N(c3ccccc3)c3ccccc3)cc2)cc1.C=P(c1ccccc1)(c1ccccc1)c1ccccc1.O=Cc1ccc(N(c2ccccc2)c2ccc(N(c3ccccc3)c3ccccc3)cc2)cc1. The van der Waals surface area contributed by atoms with Crippen LogP contribution < -0.4 is 35.5 Å². The second kappa shape index (κ2) is 29.0. The molecule has 6 heteroatoms. The molecule has 0 aliphatic heterocycles. The molecule has 0 spiro atoms. The Balaban J connectivity index is 0.000000141. The number of hydrogen-bond donors (Lipinski definition) is 0. The van der Waals surface area contributed by atoms with Crippen molar-refractivity contribution in [1.29, 1.82) is 0 Å². The molecule has 0 amide bonds. The van der Waals surface area contributed by atoms with Gasteiger partial charge in [0.15, 0.2) is 0 Å². The molecule has 0 N–H and O–H groups in total. The number of hydrogen-bond acceptors (Lipinski definition) is 5. The fourth-order valence-electron chi connectivity index (χ4n) is 10.7. The lowest BCUT2D eigenvalue weighted by atomic mass is 10.1. The van der Waals surface area contributed by atoms with Crippen molar-refractivity contribution in [1.82, 2.24) is 0 Å². The molecule has 426 valence electrons. The van der Waals surface area contributed by atoms with Gasteiger partial charge in [0, 0.05) is 73.8 Å². The Labute approximate surface area is 518 Å². The molecule has 0 radical (unpaired) electrons. The van der Waals surface area contributed by atoms with Gasteiger partial charge in [-0.05, 0) is 186 Å². The van der Waals surface area contributed by atoms with Crippen LogP contribution in [-0.4, -0.2) is 12.6 Å². The summed E-state index contributed by atoms with van der Waals surface area (Å²) in [6, 6.07) is 128. The Kier molecular flexibility index (Phi) is 19.3. The van der Waals surface area contributed by atoms with Crippen molar-refractivity contribution in [2.75, 3.05) is 19.6 Å². The molecule has 0 bridgehead atoms. The maximum Gasteiger partial charge on any atom is 0.150 e. The van der Waals surface area contributed by atoms with E-state index in [-0.39, 0.29) is 0 Å². The normalized spacial score (nSPS) is 10.6. The van der Waals surface area contributed by atoms with E-state index in [4.69, 9.17) is 6.30 Å². The molecule has 0 aliphatic carbocycles. The lowest BCUT2D eigenvalue weighted by molar-refractivity contribution is 0.112. The van der Waals surface area contributed by atoms with Gasteiger partial charge in [-0.3, -0.25) is 4.79 Å². The molecule has 0 aliphatic rings. The smallest absolute Gasteiger partial charge is 0.150 e. The third-order valence-electron chi connectivity index (χ3n) is 15.1. The number of aldehydes is 1. The van der Waals surface area contributed by atoms with Gasteiger partial charge in [0.1, 0.15) is 6.29 Å². The number of para-hydroxylation sites is 6. The zero-order valence-corrected chi connectivity index (χ0v) is 49.8. The van der Waals surface area contributed by atoms with Crippen LogP contribution in [0.1, 0.15) is 15.9 Å². The van der Waals surface area contributed by atoms with Gasteiger partial charge in [-0.15, -0.1) is 0 Å². The van der Waals surface area contributed by atoms with Gasteiger partial charge in [0.05, 0.1) is 0 Å². The van der Waals surface area contributed by atoms with E-state index in [9.17, 15) is 4.79 Å². The minimum atomic E-state index is -1.78. The Bertz CT molecular complexity index is 3860. The molecule has 0 fully saturated rings. The summed E-state index contributed by atoms with van der Waals surface area (Å²) in [5, 5.41) is 3.95. The van der Waals surface area contributed by atoms with E-state index in [1.165, 1.54) is 15.9 Å². The van der Waals surface area contributed by atoms with Gasteiger partial charge < -0.3 is 19.6 Å². The maximum atomic E-state index is 11.1. The average molecular weight is 1160 g/mol. The van der Waals surface area contributed by atoms with E-state index >= 15 is 0 Å². The summed E-state index contributed by atoms with van der Waals surface area (Å²) in [7, 11) is 0. The molecule has 0 unspecified atom stereocenters. The van der Waals surface area contributed by atoms with Crippen LogP contribution in [0.4, 0.5) is 68.2 Å². The Morgan fingerprint density at radius 3 is 0.557 bits per heavy atom. The van der Waals surface area contributed by atoms with Crippen LogP contribution in [0.2, 0.25) is 0 Å². The summed E-state index contributed by atoms with van der Waals surface area (Å²) in [4.78, 5) is 20.1. The topological polar surface area (TPSA) is 30.0 Å². The molecule has 13 aromatic rings. The van der Waals surface area contributed by atoms with Gasteiger partial charge in [0.2, 0.25) is 0 Å². The number of nitrogens with zero attached hydrogens (tertiary/aromatic N) is 4. The average Bonchev–Trinajstić information content (AvgIpc) is 2.78. The highest BCUT2D eigenvalue weighted by Gasteiger charge is 2.22. The maximum absolute atomic E-state index is 11.1. The van der Waals surface area contributed by atoms with Gasteiger partial charge in [-0.25, -0.2) is 0 Å². The van der Waals surface area contributed by atoms with Crippen LogP contribution in [0.25, 0.3) is 6.08 Å². The summed E-state index contributed by atoms with van der Waals surface area (Å²) in [5.74, 6) is 0. The van der Waals surface area contributed by atoms with Crippen LogP contribution in [0.15, 0.2) is 377 Å². The highest BCUT2D eigenvalue weighted by Crippen LogP contribution is 2.43. The van der Waals surface area contributed by atoms with Crippen LogP contribution >= 0.6 is 6.89 Å². The molecule has 0 heterocycles. The van der Waals surface area contributed by atoms with Crippen molar-refractivity contribution in [3.05, 3.63) is 388 Å².